The number of esters is 1. The molecule has 0 radical (unpaired) electrons. The Morgan fingerprint density at radius 2 is 0.641 bits per heavy atom. The largest absolute Gasteiger partial charge is 0.466 e. The summed E-state index contributed by atoms with van der Waals surface area (Å²) in [5, 5.41) is 23.2. The fourth-order valence-corrected chi connectivity index (χ4v) is 9.41. The van der Waals surface area contributed by atoms with Gasteiger partial charge in [-0.25, -0.2) is 0 Å². The molecule has 0 aliphatic carbocycles. The molecule has 0 aliphatic rings. The molecule has 0 aromatic heterocycles. The van der Waals surface area contributed by atoms with Crippen molar-refractivity contribution in [2.45, 2.75) is 347 Å². The van der Waals surface area contributed by atoms with Gasteiger partial charge in [-0.15, -0.1) is 0 Å². The molecule has 0 rings (SSSR count). The van der Waals surface area contributed by atoms with E-state index < -0.39 is 12.1 Å². The van der Waals surface area contributed by atoms with Crippen LogP contribution in [0.25, 0.3) is 0 Å². The van der Waals surface area contributed by atoms with Gasteiger partial charge in [-0.1, -0.05) is 296 Å². The number of carbonyl (C=O) groups excluding carboxylic acids is 2. The van der Waals surface area contributed by atoms with Gasteiger partial charge >= 0.3 is 5.97 Å². The van der Waals surface area contributed by atoms with E-state index in [2.05, 4.69) is 19.2 Å². The Morgan fingerprint density at radius 3 is 0.953 bits per heavy atom. The minimum atomic E-state index is -0.664. The molecule has 0 saturated carbocycles. The average Bonchev–Trinajstić information content (AvgIpc) is 3.29. The van der Waals surface area contributed by atoms with E-state index in [0.29, 0.717) is 25.9 Å². The number of hydrogen-bond donors (Lipinski definition) is 3. The molecule has 1 amide bonds. The molecule has 2 unspecified atom stereocenters. The third-order valence-electron chi connectivity index (χ3n) is 13.9. The summed E-state index contributed by atoms with van der Waals surface area (Å²) < 4.78 is 5.49. The van der Waals surface area contributed by atoms with Crippen LogP contribution in [0.4, 0.5) is 0 Å². The molecule has 0 aliphatic heterocycles. The summed E-state index contributed by atoms with van der Waals surface area (Å²) in [6.45, 7) is 4.97. The maximum Gasteiger partial charge on any atom is 0.305 e. The van der Waals surface area contributed by atoms with Crippen LogP contribution in [0.1, 0.15) is 335 Å². The standard InChI is InChI=1S/C58H115NO5/c1-3-5-7-9-11-13-15-17-18-21-25-28-32-36-40-44-48-52-58(63)64-53-49-45-41-37-33-29-26-23-20-19-22-24-27-31-35-39-43-47-51-57(62)59-55(54-60)56(61)50-46-42-38-34-30-16-14-12-10-8-6-4-2/h55-56,60-61H,3-54H2,1-2H3,(H,59,62). The minimum absolute atomic E-state index is 0.0121. The van der Waals surface area contributed by atoms with Gasteiger partial charge in [0.2, 0.25) is 5.91 Å². The zero-order valence-corrected chi connectivity index (χ0v) is 43.5. The quantitative estimate of drug-likeness (QED) is 0.0417. The van der Waals surface area contributed by atoms with E-state index >= 15 is 0 Å². The van der Waals surface area contributed by atoms with E-state index in [1.807, 2.05) is 0 Å². The van der Waals surface area contributed by atoms with Crippen molar-refractivity contribution >= 4 is 11.9 Å². The summed E-state index contributed by atoms with van der Waals surface area (Å²) >= 11 is 0. The molecule has 0 fully saturated rings. The molecule has 0 aromatic carbocycles. The maximum absolute atomic E-state index is 12.4. The zero-order chi connectivity index (χ0) is 46.5. The normalized spacial score (nSPS) is 12.5. The number of unbranched alkanes of at least 4 members (excludes halogenated alkanes) is 44. The molecule has 0 spiro atoms. The number of rotatable bonds is 55. The van der Waals surface area contributed by atoms with Gasteiger partial charge in [0.1, 0.15) is 0 Å². The van der Waals surface area contributed by atoms with Crippen molar-refractivity contribution in [2.75, 3.05) is 13.2 Å². The van der Waals surface area contributed by atoms with Crippen molar-refractivity contribution in [3.63, 3.8) is 0 Å². The minimum Gasteiger partial charge on any atom is -0.466 e. The summed E-state index contributed by atoms with van der Waals surface area (Å²) in [7, 11) is 0. The lowest BCUT2D eigenvalue weighted by molar-refractivity contribution is -0.143. The first kappa shape index (κ1) is 62.9. The Labute approximate surface area is 400 Å². The number of amides is 1. The lowest BCUT2D eigenvalue weighted by atomic mass is 10.0. The first-order chi connectivity index (χ1) is 31.5. The number of hydrogen-bond acceptors (Lipinski definition) is 5. The predicted octanol–water partition coefficient (Wildman–Crippen LogP) is 17.9. The van der Waals surface area contributed by atoms with E-state index in [4.69, 9.17) is 4.74 Å². The molecule has 0 aromatic rings. The Bertz CT molecular complexity index is 913. The molecule has 6 nitrogen and oxygen atoms in total. The van der Waals surface area contributed by atoms with Gasteiger partial charge in [-0.2, -0.15) is 0 Å². The van der Waals surface area contributed by atoms with Crippen molar-refractivity contribution in [1.82, 2.24) is 5.32 Å². The van der Waals surface area contributed by atoms with E-state index in [1.165, 1.54) is 263 Å². The van der Waals surface area contributed by atoms with E-state index in [0.717, 1.165) is 38.5 Å². The van der Waals surface area contributed by atoms with Crippen LogP contribution in [-0.4, -0.2) is 47.4 Å². The van der Waals surface area contributed by atoms with E-state index in [1.54, 1.807) is 0 Å². The van der Waals surface area contributed by atoms with Gasteiger partial charge in [-0.05, 0) is 25.7 Å². The lowest BCUT2D eigenvalue weighted by Crippen LogP contribution is -2.45. The second-order valence-corrected chi connectivity index (χ2v) is 20.3. The first-order valence-electron chi connectivity index (χ1n) is 29.3. The number of ether oxygens (including phenoxy) is 1. The number of aliphatic hydroxyl groups is 2. The Balaban J connectivity index is 3.36. The van der Waals surface area contributed by atoms with Crippen molar-refractivity contribution in [1.29, 1.82) is 0 Å². The Kier molecular flexibility index (Phi) is 53.5. The molecule has 6 heteroatoms. The van der Waals surface area contributed by atoms with Crippen molar-refractivity contribution in [3.05, 3.63) is 0 Å². The number of nitrogens with one attached hydrogen (secondary N) is 1. The molecule has 3 N–H and O–H groups in total. The van der Waals surface area contributed by atoms with Crippen LogP contribution in [-0.2, 0) is 14.3 Å². The summed E-state index contributed by atoms with van der Waals surface area (Å²) in [6, 6.07) is -0.542. The predicted molar refractivity (Wildman–Crippen MR) is 278 cm³/mol. The van der Waals surface area contributed by atoms with Gasteiger partial charge in [0.15, 0.2) is 0 Å². The van der Waals surface area contributed by atoms with Crippen LogP contribution in [0.15, 0.2) is 0 Å². The molecular formula is C58H115NO5. The average molecular weight is 907 g/mol. The van der Waals surface area contributed by atoms with Gasteiger partial charge < -0.3 is 20.3 Å². The second kappa shape index (κ2) is 54.5. The van der Waals surface area contributed by atoms with Crippen LogP contribution in [0, 0.1) is 0 Å². The summed E-state index contributed by atoms with van der Waals surface area (Å²) in [5.74, 6) is -0.0254. The number of aliphatic hydroxyl groups excluding tert-OH is 2. The summed E-state index contributed by atoms with van der Waals surface area (Å²) in [4.78, 5) is 24.5. The van der Waals surface area contributed by atoms with Crippen LogP contribution in [0.3, 0.4) is 0 Å². The van der Waals surface area contributed by atoms with Crippen molar-refractivity contribution in [2.24, 2.45) is 0 Å². The highest BCUT2D eigenvalue weighted by atomic mass is 16.5. The highest BCUT2D eigenvalue weighted by molar-refractivity contribution is 5.76. The van der Waals surface area contributed by atoms with E-state index in [-0.39, 0.29) is 18.5 Å². The van der Waals surface area contributed by atoms with Gasteiger partial charge in [0.25, 0.3) is 0 Å². The molecular weight excluding hydrogens is 791 g/mol. The second-order valence-electron chi connectivity index (χ2n) is 20.3. The van der Waals surface area contributed by atoms with Crippen molar-refractivity contribution in [3.8, 4) is 0 Å². The highest BCUT2D eigenvalue weighted by Gasteiger charge is 2.20. The molecule has 0 heterocycles. The fraction of sp³-hybridized carbons (Fsp3) is 0.966. The van der Waals surface area contributed by atoms with Crippen LogP contribution >= 0.6 is 0 Å². The Hall–Kier alpha value is -1.14. The number of carbonyl (C=O) groups is 2. The van der Waals surface area contributed by atoms with Crippen LogP contribution < -0.4 is 5.32 Å². The Morgan fingerprint density at radius 1 is 0.375 bits per heavy atom. The first-order valence-corrected chi connectivity index (χ1v) is 29.3. The molecule has 2 atom stereocenters. The summed E-state index contributed by atoms with van der Waals surface area (Å²) in [6.07, 6.45) is 62.4. The molecule has 64 heavy (non-hydrogen) atoms. The molecule has 382 valence electrons. The van der Waals surface area contributed by atoms with Gasteiger partial charge in [0.05, 0.1) is 25.4 Å². The topological polar surface area (TPSA) is 95.9 Å². The SMILES string of the molecule is CCCCCCCCCCCCCCCCCCCC(=O)OCCCCCCCCCCCCCCCCCCCCC(=O)NC(CO)C(O)CCCCCCCCCCCCCC. The third kappa shape index (κ3) is 50.3. The van der Waals surface area contributed by atoms with Gasteiger partial charge in [-0.3, -0.25) is 9.59 Å². The third-order valence-corrected chi connectivity index (χ3v) is 13.9. The smallest absolute Gasteiger partial charge is 0.305 e. The summed E-state index contributed by atoms with van der Waals surface area (Å²) in [5.41, 5.74) is 0. The van der Waals surface area contributed by atoms with Crippen LogP contribution in [0.2, 0.25) is 0 Å². The fourth-order valence-electron chi connectivity index (χ4n) is 9.41. The van der Waals surface area contributed by atoms with Crippen molar-refractivity contribution < 1.29 is 24.5 Å². The molecule has 0 bridgehead atoms. The highest BCUT2D eigenvalue weighted by Crippen LogP contribution is 2.18. The monoisotopic (exact) mass is 906 g/mol. The zero-order valence-electron chi connectivity index (χ0n) is 43.5. The van der Waals surface area contributed by atoms with E-state index in [9.17, 15) is 19.8 Å². The maximum atomic E-state index is 12.4. The lowest BCUT2D eigenvalue weighted by Gasteiger charge is -2.22. The molecule has 0 saturated heterocycles. The van der Waals surface area contributed by atoms with Gasteiger partial charge in [0, 0.05) is 12.8 Å². The van der Waals surface area contributed by atoms with Crippen LogP contribution in [0.5, 0.6) is 0 Å².